The van der Waals surface area contributed by atoms with Crippen molar-refractivity contribution < 1.29 is 50.7 Å². The summed E-state index contributed by atoms with van der Waals surface area (Å²) in [5, 5.41) is 1.17. The Hall–Kier alpha value is 1.95. The fourth-order valence-electron chi connectivity index (χ4n) is 1.87. The molecule has 14 heavy (non-hydrogen) atoms. The Balaban J connectivity index is -0.000000403. The molecule has 1 fully saturated rings. The van der Waals surface area contributed by atoms with Gasteiger partial charge < -0.3 is 17.3 Å². The zero-order valence-corrected chi connectivity index (χ0v) is 14.7. The van der Waals surface area contributed by atoms with Crippen LogP contribution in [0.2, 0.25) is 0 Å². The fourth-order valence-corrected chi connectivity index (χ4v) is 2.20. The first-order chi connectivity index (χ1) is 5.33. The third-order valence-corrected chi connectivity index (χ3v) is 3.03. The molecule has 1 aliphatic heterocycles. The van der Waals surface area contributed by atoms with E-state index in [0.717, 1.165) is 5.92 Å². The van der Waals surface area contributed by atoms with Crippen LogP contribution in [-0.4, -0.2) is 30.4 Å². The molecule has 1 unspecified atom stereocenters. The molecule has 0 aromatic rings. The van der Waals surface area contributed by atoms with Crippen LogP contribution in [0, 0.1) is 5.92 Å². The second kappa shape index (κ2) is 13.0. The van der Waals surface area contributed by atoms with Gasteiger partial charge in [-0.05, 0) is 45.2 Å². The van der Waals surface area contributed by atoms with Gasteiger partial charge in [0, 0.05) is 31.4 Å². The van der Waals surface area contributed by atoms with Crippen LogP contribution >= 0.6 is 15.9 Å². The molecule has 1 atom stereocenters. The number of hydrogen-bond acceptors (Lipinski definition) is 1. The minimum atomic E-state index is 0. The van der Waals surface area contributed by atoms with Crippen LogP contribution in [0.5, 0.6) is 0 Å². The summed E-state index contributed by atoms with van der Waals surface area (Å²) >= 11 is 3.48. The fraction of sp³-hybridized carbons (Fsp3) is 1.00. The van der Waals surface area contributed by atoms with E-state index in [9.17, 15) is 0 Å². The van der Waals surface area contributed by atoms with E-state index in [4.69, 9.17) is 0 Å². The van der Waals surface area contributed by atoms with Gasteiger partial charge in [0.25, 0.3) is 0 Å². The van der Waals surface area contributed by atoms with E-state index in [1.807, 2.05) is 0 Å². The van der Waals surface area contributed by atoms with Crippen LogP contribution in [0.4, 0.5) is 0 Å². The standard InChI is InChI=1S/C9H18BrN.ClH.Li.Zn/c1-11-7-3-5-9(8-11)4-2-6-10;;;/h9H,2-8H2,1H3;1H;;/q;;+1;/p-1. The predicted molar refractivity (Wildman–Crippen MR) is 53.2 cm³/mol. The van der Waals surface area contributed by atoms with Gasteiger partial charge in [-0.2, -0.15) is 0 Å². The van der Waals surface area contributed by atoms with Crippen molar-refractivity contribution in [3.05, 3.63) is 0 Å². The monoisotopic (exact) mass is 325 g/mol. The van der Waals surface area contributed by atoms with Gasteiger partial charge in [0.1, 0.15) is 0 Å². The van der Waals surface area contributed by atoms with Crippen molar-refractivity contribution in [2.24, 2.45) is 5.92 Å². The number of piperidine rings is 1. The van der Waals surface area contributed by atoms with Crippen molar-refractivity contribution in [3.63, 3.8) is 0 Å². The Morgan fingerprint density at radius 3 is 2.57 bits per heavy atom. The molecule has 1 saturated heterocycles. The minimum absolute atomic E-state index is 0. The zero-order valence-electron chi connectivity index (χ0n) is 9.44. The maximum absolute atomic E-state index is 3.48. The molecular formula is C9H18BrClLiNZn. The molecule has 0 aliphatic carbocycles. The van der Waals surface area contributed by atoms with Crippen molar-refractivity contribution in [2.75, 3.05) is 25.5 Å². The Labute approximate surface area is 128 Å². The van der Waals surface area contributed by atoms with Gasteiger partial charge in [0.2, 0.25) is 0 Å². The third-order valence-electron chi connectivity index (χ3n) is 2.47. The van der Waals surface area contributed by atoms with E-state index in [2.05, 4.69) is 27.9 Å². The Kier molecular flexibility index (Phi) is 19.8. The van der Waals surface area contributed by atoms with Gasteiger partial charge in [0.05, 0.1) is 0 Å². The van der Waals surface area contributed by atoms with Crippen LogP contribution in [0.3, 0.4) is 0 Å². The summed E-state index contributed by atoms with van der Waals surface area (Å²) in [5.74, 6) is 0.978. The predicted octanol–water partition coefficient (Wildman–Crippen LogP) is -3.49. The summed E-state index contributed by atoms with van der Waals surface area (Å²) in [4.78, 5) is 2.46. The molecule has 0 aromatic carbocycles. The van der Waals surface area contributed by atoms with Crippen molar-refractivity contribution in [1.29, 1.82) is 0 Å². The molecule has 76 valence electrons. The zero-order chi connectivity index (χ0) is 8.10. The van der Waals surface area contributed by atoms with Gasteiger partial charge in [-0.15, -0.1) is 0 Å². The summed E-state index contributed by atoms with van der Waals surface area (Å²) in [7, 11) is 2.24. The Morgan fingerprint density at radius 1 is 1.43 bits per heavy atom. The molecule has 0 bridgehead atoms. The SMILES string of the molecule is CN1CCCC(CCCBr)C1.[Cl-].[Li+].[Zn]. The topological polar surface area (TPSA) is 3.24 Å². The number of nitrogens with zero attached hydrogens (tertiary/aromatic N) is 1. The van der Waals surface area contributed by atoms with Crippen molar-refractivity contribution in [2.45, 2.75) is 25.7 Å². The largest absolute Gasteiger partial charge is 1.00 e. The molecule has 1 aliphatic rings. The summed E-state index contributed by atoms with van der Waals surface area (Å²) < 4.78 is 0. The summed E-state index contributed by atoms with van der Waals surface area (Å²) in [6, 6.07) is 0. The first kappa shape index (κ1) is 21.3. The Bertz CT molecular complexity index is 121. The maximum Gasteiger partial charge on any atom is 1.00 e. The molecule has 0 amide bonds. The van der Waals surface area contributed by atoms with Crippen molar-refractivity contribution >= 4 is 15.9 Å². The molecular weight excluding hydrogens is 310 g/mol. The quantitative estimate of drug-likeness (QED) is 0.384. The number of halogens is 2. The second-order valence-electron chi connectivity index (χ2n) is 3.60. The summed E-state index contributed by atoms with van der Waals surface area (Å²) in [6.45, 7) is 2.64. The number of hydrogen-bond donors (Lipinski definition) is 0. The van der Waals surface area contributed by atoms with Gasteiger partial charge in [-0.3, -0.25) is 0 Å². The van der Waals surface area contributed by atoms with Gasteiger partial charge in [-0.25, -0.2) is 0 Å². The average Bonchev–Trinajstić information content (AvgIpc) is 2.01. The van der Waals surface area contributed by atoms with Gasteiger partial charge in [0.15, 0.2) is 0 Å². The second-order valence-corrected chi connectivity index (χ2v) is 4.39. The molecule has 0 saturated carbocycles. The van der Waals surface area contributed by atoms with Gasteiger partial charge >= 0.3 is 18.9 Å². The van der Waals surface area contributed by atoms with E-state index in [1.54, 1.807) is 0 Å². The summed E-state index contributed by atoms with van der Waals surface area (Å²) in [5.41, 5.74) is 0. The third kappa shape index (κ3) is 9.20. The summed E-state index contributed by atoms with van der Waals surface area (Å²) in [6.07, 6.45) is 5.62. The van der Waals surface area contributed by atoms with Gasteiger partial charge in [-0.1, -0.05) is 15.9 Å². The molecule has 0 spiro atoms. The van der Waals surface area contributed by atoms with Crippen LogP contribution in [-0.2, 0) is 19.5 Å². The van der Waals surface area contributed by atoms with E-state index in [0.29, 0.717) is 0 Å². The molecule has 1 heterocycles. The molecule has 0 aromatic heterocycles. The molecule has 5 heteroatoms. The number of likely N-dealkylation sites (tertiary alicyclic amines) is 1. The van der Waals surface area contributed by atoms with Crippen LogP contribution in [0.25, 0.3) is 0 Å². The van der Waals surface area contributed by atoms with E-state index >= 15 is 0 Å². The number of rotatable bonds is 3. The number of alkyl halides is 1. The van der Waals surface area contributed by atoms with E-state index in [1.165, 1.54) is 44.1 Å². The van der Waals surface area contributed by atoms with Crippen LogP contribution in [0.1, 0.15) is 25.7 Å². The normalized spacial score (nSPS) is 21.4. The van der Waals surface area contributed by atoms with Crippen molar-refractivity contribution in [1.82, 2.24) is 4.90 Å². The minimum Gasteiger partial charge on any atom is -1.00 e. The van der Waals surface area contributed by atoms with Crippen LogP contribution < -0.4 is 31.3 Å². The first-order valence-corrected chi connectivity index (χ1v) is 5.69. The maximum atomic E-state index is 3.48. The molecule has 0 radical (unpaired) electrons. The van der Waals surface area contributed by atoms with Crippen molar-refractivity contribution in [3.8, 4) is 0 Å². The smallest absolute Gasteiger partial charge is 1.00 e. The Morgan fingerprint density at radius 2 is 2.07 bits per heavy atom. The van der Waals surface area contributed by atoms with E-state index in [-0.39, 0.29) is 50.7 Å². The molecule has 1 nitrogen and oxygen atoms in total. The first-order valence-electron chi connectivity index (χ1n) is 4.57. The average molecular weight is 328 g/mol. The van der Waals surface area contributed by atoms with E-state index < -0.39 is 0 Å². The molecule has 1 rings (SSSR count). The van der Waals surface area contributed by atoms with Crippen LogP contribution in [0.15, 0.2) is 0 Å². The molecule has 0 N–H and O–H groups in total.